The second-order valence-corrected chi connectivity index (χ2v) is 11.3. The van der Waals surface area contributed by atoms with E-state index in [1.807, 2.05) is 24.3 Å². The average Bonchev–Trinajstić information content (AvgIpc) is 2.89. The van der Waals surface area contributed by atoms with Gasteiger partial charge < -0.3 is 60.8 Å². The molecule has 4 aromatic rings. The maximum Gasteiger partial charge on any atom is 2.00 e. The summed E-state index contributed by atoms with van der Waals surface area (Å²) in [7, 11) is -8.76. The van der Waals surface area contributed by atoms with Crippen molar-refractivity contribution >= 4 is 64.9 Å². The van der Waals surface area contributed by atoms with Gasteiger partial charge in [-0.05, 0) is 70.8 Å². The summed E-state index contributed by atoms with van der Waals surface area (Å²) < 4.78 is 21.0. The Morgan fingerprint density at radius 1 is 0.600 bits per heavy atom. The molecule has 0 radical (unpaired) electrons. The first kappa shape index (κ1) is 49.0. The Kier molecular flexibility index (Phi) is 25.5. The standard InChI is InChI=1S/C10H8N2.2C8H9O5P.Ca.4H2O/c1-5-11-6-2-9(1)10-3-7-12-8-4-10;2*9-8(10)7-3-1-2-6(4-7)5-14(11,12)13;;;;;/h1-8H;2*1-4H,5H2,(H,9,10)(H2,11,12,13);;4*1H2/q;;;+2;;;;/p-2. The number of hydrogen-bond acceptors (Lipinski definition) is 8. The number of carboxylic acid groups (broad SMARTS) is 2. The molecule has 0 spiro atoms. The summed E-state index contributed by atoms with van der Waals surface area (Å²) in [4.78, 5) is 67.1. The van der Waals surface area contributed by atoms with Crippen molar-refractivity contribution in [3.63, 3.8) is 0 Å². The Bertz CT molecular complexity index is 1410. The second kappa shape index (κ2) is 23.4. The van der Waals surface area contributed by atoms with Gasteiger partial charge in [0.15, 0.2) is 0 Å². The molecule has 0 aliphatic heterocycles. The van der Waals surface area contributed by atoms with E-state index in [0.717, 1.165) is 0 Å². The number of benzene rings is 2. The SMILES string of the molecule is O.O.O.O.O=C(O)c1cccc(CP(=O)([O-])O)c1.O=C(O)c1cccc(CP(=O)([O-])O)c1.[Ca+2].c1cc(-c2ccncc2)ccn1. The molecular formula is C26H32CaN2O14P2. The number of pyridine rings is 2. The van der Waals surface area contributed by atoms with Crippen molar-refractivity contribution < 1.29 is 70.4 Å². The van der Waals surface area contributed by atoms with Crippen LogP contribution in [0.4, 0.5) is 0 Å². The molecule has 16 nitrogen and oxygen atoms in total. The van der Waals surface area contributed by atoms with Gasteiger partial charge >= 0.3 is 49.7 Å². The second-order valence-electron chi connectivity index (χ2n) is 8.07. The minimum Gasteiger partial charge on any atom is -0.778 e. The molecule has 19 heteroatoms. The predicted molar refractivity (Wildman–Crippen MR) is 162 cm³/mol. The van der Waals surface area contributed by atoms with Crippen LogP contribution in [-0.4, -0.2) is 102 Å². The van der Waals surface area contributed by atoms with Gasteiger partial charge in [-0.3, -0.25) is 9.97 Å². The van der Waals surface area contributed by atoms with E-state index in [0.29, 0.717) is 0 Å². The molecule has 0 saturated heterocycles. The van der Waals surface area contributed by atoms with Gasteiger partial charge in [0.05, 0.1) is 11.1 Å². The molecule has 2 aromatic carbocycles. The smallest absolute Gasteiger partial charge is 0.778 e. The zero-order valence-corrected chi connectivity index (χ0v) is 27.4. The van der Waals surface area contributed by atoms with Crippen molar-refractivity contribution in [2.45, 2.75) is 12.3 Å². The Hall–Kier alpha value is -2.92. The average molecular weight is 699 g/mol. The molecule has 2 atom stereocenters. The predicted octanol–water partition coefficient (Wildman–Crippen LogP) is -0.675. The third kappa shape index (κ3) is 20.7. The molecule has 0 amide bonds. The Balaban J connectivity index is -0.000000266. The summed E-state index contributed by atoms with van der Waals surface area (Å²) in [6, 6.07) is 18.8. The minimum absolute atomic E-state index is 0. The topological polar surface area (TPSA) is 347 Å². The first-order chi connectivity index (χ1) is 18.7. The van der Waals surface area contributed by atoms with Gasteiger partial charge in [0.25, 0.3) is 0 Å². The largest absolute Gasteiger partial charge is 2.00 e. The van der Waals surface area contributed by atoms with E-state index in [2.05, 4.69) is 9.97 Å². The van der Waals surface area contributed by atoms with E-state index in [1.54, 1.807) is 24.8 Å². The van der Waals surface area contributed by atoms with Crippen LogP contribution in [0.15, 0.2) is 97.6 Å². The van der Waals surface area contributed by atoms with Gasteiger partial charge in [-0.25, -0.2) is 9.59 Å². The molecule has 242 valence electrons. The number of hydrogen-bond donors (Lipinski definition) is 4. The summed E-state index contributed by atoms with van der Waals surface area (Å²) in [5.41, 5.74) is 2.85. The summed E-state index contributed by atoms with van der Waals surface area (Å²) in [6.07, 6.45) is 6.05. The summed E-state index contributed by atoms with van der Waals surface area (Å²) >= 11 is 0. The van der Waals surface area contributed by atoms with Crippen LogP contribution in [0.5, 0.6) is 0 Å². The molecule has 2 unspecified atom stereocenters. The Morgan fingerprint density at radius 2 is 0.889 bits per heavy atom. The summed E-state index contributed by atoms with van der Waals surface area (Å²) in [6.45, 7) is 0. The van der Waals surface area contributed by atoms with Crippen molar-refractivity contribution in [3.05, 3.63) is 120 Å². The third-order valence-electron chi connectivity index (χ3n) is 4.81. The number of aromatic nitrogens is 2. The van der Waals surface area contributed by atoms with Crippen molar-refractivity contribution in [3.8, 4) is 11.1 Å². The maximum absolute atomic E-state index is 10.5. The fourth-order valence-corrected chi connectivity index (χ4v) is 4.47. The molecular weight excluding hydrogens is 666 g/mol. The quantitative estimate of drug-likeness (QED) is 0.138. The Labute approximate surface area is 287 Å². The van der Waals surface area contributed by atoms with E-state index in [4.69, 9.17) is 20.0 Å². The molecule has 0 saturated carbocycles. The van der Waals surface area contributed by atoms with Crippen molar-refractivity contribution in [2.24, 2.45) is 0 Å². The Morgan fingerprint density at radius 3 is 1.13 bits per heavy atom. The molecule has 0 aliphatic rings. The molecule has 4 rings (SSSR count). The van der Waals surface area contributed by atoms with Gasteiger partial charge in [-0.2, -0.15) is 0 Å². The zero-order chi connectivity index (χ0) is 29.8. The molecule has 45 heavy (non-hydrogen) atoms. The van der Waals surface area contributed by atoms with Crippen molar-refractivity contribution in [2.75, 3.05) is 0 Å². The number of rotatable bonds is 7. The first-order valence-electron chi connectivity index (χ1n) is 11.2. The van der Waals surface area contributed by atoms with Crippen LogP contribution < -0.4 is 9.79 Å². The van der Waals surface area contributed by atoms with Crippen LogP contribution in [0.2, 0.25) is 0 Å². The molecule has 12 N–H and O–H groups in total. The van der Waals surface area contributed by atoms with Gasteiger partial charge in [0.1, 0.15) is 15.2 Å². The van der Waals surface area contributed by atoms with E-state index >= 15 is 0 Å². The summed E-state index contributed by atoms with van der Waals surface area (Å²) in [5, 5.41) is 17.2. The van der Waals surface area contributed by atoms with Crippen molar-refractivity contribution in [1.29, 1.82) is 0 Å². The van der Waals surface area contributed by atoms with Crippen LogP contribution in [-0.2, 0) is 21.5 Å². The van der Waals surface area contributed by atoms with E-state index in [9.17, 15) is 28.5 Å². The molecule has 2 heterocycles. The molecule has 0 bridgehead atoms. The summed E-state index contributed by atoms with van der Waals surface area (Å²) in [5.74, 6) is -2.27. The van der Waals surface area contributed by atoms with Crippen LogP contribution in [0.25, 0.3) is 11.1 Å². The van der Waals surface area contributed by atoms with Gasteiger partial charge in [0.2, 0.25) is 0 Å². The van der Waals surface area contributed by atoms with Crippen LogP contribution in [0.1, 0.15) is 31.8 Å². The number of aromatic carboxylic acids is 2. The normalized spacial score (nSPS) is 11.7. The molecule has 2 aromatic heterocycles. The number of carbonyl (C=O) groups is 2. The van der Waals surface area contributed by atoms with E-state index in [-0.39, 0.29) is 81.9 Å². The number of carboxylic acids is 2. The maximum atomic E-state index is 10.5. The van der Waals surface area contributed by atoms with Gasteiger partial charge in [-0.15, -0.1) is 0 Å². The fraction of sp³-hybridized carbons (Fsp3) is 0.0769. The van der Waals surface area contributed by atoms with Crippen molar-refractivity contribution in [1.82, 2.24) is 9.97 Å². The fourth-order valence-electron chi connectivity index (χ4n) is 3.16. The van der Waals surface area contributed by atoms with Crippen LogP contribution in [0, 0.1) is 0 Å². The van der Waals surface area contributed by atoms with E-state index < -0.39 is 39.5 Å². The van der Waals surface area contributed by atoms with Crippen LogP contribution >= 0.6 is 15.2 Å². The minimum atomic E-state index is -4.38. The third-order valence-corrected chi connectivity index (χ3v) is 6.34. The van der Waals surface area contributed by atoms with E-state index in [1.165, 1.54) is 59.7 Å². The number of nitrogens with zero attached hydrogens (tertiary/aromatic N) is 2. The van der Waals surface area contributed by atoms with Gasteiger partial charge in [0, 0.05) is 37.1 Å². The monoisotopic (exact) mass is 698 g/mol. The van der Waals surface area contributed by atoms with Gasteiger partial charge in [-0.1, -0.05) is 24.3 Å². The first-order valence-corrected chi connectivity index (χ1v) is 14.8. The zero-order valence-electron chi connectivity index (χ0n) is 23.4. The molecule has 0 aliphatic carbocycles. The van der Waals surface area contributed by atoms with Crippen LogP contribution in [0.3, 0.4) is 0 Å². The molecule has 0 fully saturated rings.